The highest BCUT2D eigenvalue weighted by atomic mass is 19.2. The van der Waals surface area contributed by atoms with Crippen molar-refractivity contribution in [2.45, 2.75) is 25.4 Å². The highest BCUT2D eigenvalue weighted by molar-refractivity contribution is 6.05. The zero-order chi connectivity index (χ0) is 29.2. The summed E-state index contributed by atoms with van der Waals surface area (Å²) >= 11 is 0. The Kier molecular flexibility index (Phi) is 7.43. The van der Waals surface area contributed by atoms with Crippen molar-refractivity contribution in [1.82, 2.24) is 4.57 Å². The van der Waals surface area contributed by atoms with E-state index in [-0.39, 0.29) is 23.7 Å². The SMILES string of the molecule is N#Cc1cc(C(=O)O)ccc1-c1c(C2CCOCC2)n(-c2ccc(F)c(F)c2)c2cccc(OCc3ccccc3)c12. The van der Waals surface area contributed by atoms with E-state index < -0.39 is 17.6 Å². The average molecular weight is 565 g/mol. The number of aromatic nitrogens is 1. The fourth-order valence-electron chi connectivity index (χ4n) is 5.70. The number of hydrogen-bond donors (Lipinski definition) is 1. The number of hydrogen-bond acceptors (Lipinski definition) is 4. The molecule has 0 bridgehead atoms. The van der Waals surface area contributed by atoms with Gasteiger partial charge in [0, 0.05) is 47.7 Å². The van der Waals surface area contributed by atoms with Crippen molar-refractivity contribution in [3.8, 4) is 28.6 Å². The molecule has 6 rings (SSSR count). The van der Waals surface area contributed by atoms with Crippen LogP contribution in [0.1, 0.15) is 45.9 Å². The molecule has 1 aliphatic rings. The van der Waals surface area contributed by atoms with Crippen molar-refractivity contribution < 1.29 is 28.2 Å². The van der Waals surface area contributed by atoms with Gasteiger partial charge in [-0.15, -0.1) is 0 Å². The number of nitrogens with zero attached hydrogens (tertiary/aromatic N) is 2. The Morgan fingerprint density at radius 2 is 1.76 bits per heavy atom. The maximum Gasteiger partial charge on any atom is 0.335 e. The molecule has 0 amide bonds. The summed E-state index contributed by atoms with van der Waals surface area (Å²) < 4.78 is 42.7. The number of carboxylic acid groups (broad SMARTS) is 1. The molecule has 1 N–H and O–H groups in total. The van der Waals surface area contributed by atoms with Crippen molar-refractivity contribution in [1.29, 1.82) is 5.26 Å². The maximum atomic E-state index is 14.7. The lowest BCUT2D eigenvalue weighted by molar-refractivity contribution is 0.0696. The van der Waals surface area contributed by atoms with Gasteiger partial charge in [-0.3, -0.25) is 0 Å². The second-order valence-corrected chi connectivity index (χ2v) is 10.2. The third-order valence-corrected chi connectivity index (χ3v) is 7.66. The van der Waals surface area contributed by atoms with Crippen LogP contribution in [-0.2, 0) is 11.3 Å². The van der Waals surface area contributed by atoms with Crippen LogP contribution in [0.3, 0.4) is 0 Å². The number of halogens is 2. The molecule has 8 heteroatoms. The Balaban J connectivity index is 1.69. The molecule has 0 saturated carbocycles. The summed E-state index contributed by atoms with van der Waals surface area (Å²) in [4.78, 5) is 11.8. The van der Waals surface area contributed by atoms with Gasteiger partial charge in [-0.05, 0) is 54.8 Å². The summed E-state index contributed by atoms with van der Waals surface area (Å²) in [6, 6.07) is 25.7. The third-order valence-electron chi connectivity index (χ3n) is 7.66. The largest absolute Gasteiger partial charge is 0.488 e. The van der Waals surface area contributed by atoms with Crippen LogP contribution in [0, 0.1) is 23.0 Å². The first-order valence-electron chi connectivity index (χ1n) is 13.6. The first-order chi connectivity index (χ1) is 20.5. The minimum atomic E-state index is -1.14. The standard InChI is InChI=1S/C34H26F2N2O4/c35-27-12-10-25(18-28(27)36)38-29-7-4-8-30(42-20-21-5-2-1-3-6-21)32(29)31(33(38)22-13-15-41-16-14-22)26-11-9-23(34(39)40)17-24(26)19-37/h1-12,17-18,22H,13-16,20H2,(H,39,40). The molecule has 1 saturated heterocycles. The molecule has 1 fully saturated rings. The van der Waals surface area contributed by atoms with Crippen LogP contribution >= 0.6 is 0 Å². The summed E-state index contributed by atoms with van der Waals surface area (Å²) in [5.74, 6) is -2.58. The number of rotatable bonds is 7. The molecular formula is C34H26F2N2O4. The lowest BCUT2D eigenvalue weighted by Crippen LogP contribution is -2.17. The van der Waals surface area contributed by atoms with Crippen molar-refractivity contribution in [3.05, 3.63) is 119 Å². The highest BCUT2D eigenvalue weighted by Gasteiger charge is 2.31. The fraction of sp³-hybridized carbons (Fsp3) is 0.176. The van der Waals surface area contributed by atoms with Gasteiger partial charge in [-0.25, -0.2) is 13.6 Å². The van der Waals surface area contributed by atoms with E-state index in [1.807, 2.05) is 53.1 Å². The zero-order valence-corrected chi connectivity index (χ0v) is 22.5. The van der Waals surface area contributed by atoms with Crippen molar-refractivity contribution in [3.63, 3.8) is 0 Å². The van der Waals surface area contributed by atoms with Crippen LogP contribution in [0.2, 0.25) is 0 Å². The van der Waals surface area contributed by atoms with Gasteiger partial charge >= 0.3 is 5.97 Å². The van der Waals surface area contributed by atoms with E-state index >= 15 is 0 Å². The molecule has 1 aromatic heterocycles. The topological polar surface area (TPSA) is 84.5 Å². The van der Waals surface area contributed by atoms with Gasteiger partial charge in [0.05, 0.1) is 28.1 Å². The second-order valence-electron chi connectivity index (χ2n) is 10.2. The van der Waals surface area contributed by atoms with E-state index in [2.05, 4.69) is 6.07 Å². The van der Waals surface area contributed by atoms with Crippen LogP contribution in [0.25, 0.3) is 27.7 Å². The number of carboxylic acids is 1. The number of ether oxygens (including phenoxy) is 2. The number of benzene rings is 4. The molecule has 4 aromatic carbocycles. The molecule has 0 radical (unpaired) electrons. The van der Waals surface area contributed by atoms with E-state index in [0.29, 0.717) is 59.5 Å². The summed E-state index contributed by atoms with van der Waals surface area (Å²) in [7, 11) is 0. The van der Waals surface area contributed by atoms with E-state index in [4.69, 9.17) is 9.47 Å². The zero-order valence-electron chi connectivity index (χ0n) is 22.5. The normalized spacial score (nSPS) is 13.6. The van der Waals surface area contributed by atoms with Crippen molar-refractivity contribution in [2.75, 3.05) is 13.2 Å². The summed E-state index contributed by atoms with van der Waals surface area (Å²) in [6.45, 7) is 1.32. The van der Waals surface area contributed by atoms with E-state index in [9.17, 15) is 23.9 Å². The average Bonchev–Trinajstić information content (AvgIpc) is 3.37. The highest BCUT2D eigenvalue weighted by Crippen LogP contribution is 2.47. The van der Waals surface area contributed by atoms with E-state index in [0.717, 1.165) is 23.4 Å². The second kappa shape index (κ2) is 11.5. The van der Waals surface area contributed by atoms with Gasteiger partial charge in [0.1, 0.15) is 12.4 Å². The molecule has 0 spiro atoms. The van der Waals surface area contributed by atoms with Gasteiger partial charge in [-0.2, -0.15) is 5.26 Å². The van der Waals surface area contributed by atoms with Gasteiger partial charge in [0.2, 0.25) is 0 Å². The number of aromatic carboxylic acids is 1. The predicted molar refractivity (Wildman–Crippen MR) is 154 cm³/mol. The minimum Gasteiger partial charge on any atom is -0.488 e. The lowest BCUT2D eigenvalue weighted by Gasteiger charge is -2.26. The molecule has 0 atom stereocenters. The van der Waals surface area contributed by atoms with Gasteiger partial charge in [0.25, 0.3) is 0 Å². The summed E-state index contributed by atoms with van der Waals surface area (Å²) in [5.41, 5.74) is 4.28. The Labute approximate surface area is 241 Å². The van der Waals surface area contributed by atoms with Crippen LogP contribution in [0.4, 0.5) is 8.78 Å². The van der Waals surface area contributed by atoms with E-state index in [1.54, 1.807) is 6.07 Å². The molecule has 42 heavy (non-hydrogen) atoms. The van der Waals surface area contributed by atoms with Crippen molar-refractivity contribution >= 4 is 16.9 Å². The Morgan fingerprint density at radius 1 is 0.976 bits per heavy atom. The first kappa shape index (κ1) is 27.2. The lowest BCUT2D eigenvalue weighted by atomic mass is 9.88. The van der Waals surface area contributed by atoms with Crippen LogP contribution < -0.4 is 4.74 Å². The monoisotopic (exact) mass is 564 g/mol. The maximum absolute atomic E-state index is 14.7. The quantitative estimate of drug-likeness (QED) is 0.220. The fourth-order valence-corrected chi connectivity index (χ4v) is 5.70. The Morgan fingerprint density at radius 3 is 2.48 bits per heavy atom. The van der Waals surface area contributed by atoms with Crippen LogP contribution in [-0.4, -0.2) is 28.9 Å². The van der Waals surface area contributed by atoms with Gasteiger partial charge in [-0.1, -0.05) is 42.5 Å². The Hall–Kier alpha value is -5.00. The number of carbonyl (C=O) groups is 1. The minimum absolute atomic E-state index is 0.00666. The molecular weight excluding hydrogens is 538 g/mol. The number of fused-ring (bicyclic) bond motifs is 1. The van der Waals surface area contributed by atoms with Crippen molar-refractivity contribution in [2.24, 2.45) is 0 Å². The van der Waals surface area contributed by atoms with Gasteiger partial charge in [0.15, 0.2) is 11.6 Å². The van der Waals surface area contributed by atoms with Crippen LogP contribution in [0.5, 0.6) is 5.75 Å². The first-order valence-corrected chi connectivity index (χ1v) is 13.6. The molecule has 6 nitrogen and oxygen atoms in total. The smallest absolute Gasteiger partial charge is 0.335 e. The molecule has 0 aliphatic carbocycles. The predicted octanol–water partition coefficient (Wildman–Crippen LogP) is 7.62. The number of nitriles is 1. The summed E-state index contributed by atoms with van der Waals surface area (Å²) in [5, 5.41) is 20.5. The van der Waals surface area contributed by atoms with Crippen LogP contribution in [0.15, 0.2) is 84.9 Å². The molecule has 210 valence electrons. The molecule has 1 aliphatic heterocycles. The third kappa shape index (κ3) is 5.00. The Bertz CT molecular complexity index is 1840. The van der Waals surface area contributed by atoms with E-state index in [1.165, 1.54) is 18.2 Å². The van der Waals surface area contributed by atoms with Gasteiger partial charge < -0.3 is 19.1 Å². The summed E-state index contributed by atoms with van der Waals surface area (Å²) in [6.07, 6.45) is 1.34. The molecule has 0 unspecified atom stereocenters. The molecule has 5 aromatic rings. The molecule has 2 heterocycles.